The van der Waals surface area contributed by atoms with Crippen molar-refractivity contribution in [2.45, 2.75) is 26.0 Å². The number of aryl methyl sites for hydroxylation is 1. The van der Waals surface area contributed by atoms with Gasteiger partial charge in [0.15, 0.2) is 0 Å². The van der Waals surface area contributed by atoms with Gasteiger partial charge in [-0.05, 0) is 37.1 Å². The van der Waals surface area contributed by atoms with Crippen LogP contribution in [0.5, 0.6) is 0 Å². The molecule has 0 aliphatic heterocycles. The quantitative estimate of drug-likeness (QED) is 0.663. The minimum atomic E-state index is -0.391. The molecule has 0 saturated carbocycles. The number of hydrogen-bond donors (Lipinski definition) is 2. The third-order valence-corrected chi connectivity index (χ3v) is 1.90. The molecule has 0 saturated heterocycles. The molecule has 72 valence electrons. The summed E-state index contributed by atoms with van der Waals surface area (Å²) >= 11 is 0. The zero-order valence-electron chi connectivity index (χ0n) is 7.90. The summed E-state index contributed by atoms with van der Waals surface area (Å²) < 4.78 is 0. The van der Waals surface area contributed by atoms with E-state index in [9.17, 15) is 5.11 Å². The van der Waals surface area contributed by atoms with Crippen LogP contribution in [0, 0.1) is 0 Å². The fourth-order valence-corrected chi connectivity index (χ4v) is 1.19. The van der Waals surface area contributed by atoms with Gasteiger partial charge in [0.1, 0.15) is 6.23 Å². The standard InChI is InChI=1S/C10H16N2O/c1-2-12-10(13)4-3-9-5-7-11-8-6-9/h5-8,10,12-13H,2-4H2,1H3. The van der Waals surface area contributed by atoms with Gasteiger partial charge in [0, 0.05) is 12.4 Å². The lowest BCUT2D eigenvalue weighted by molar-refractivity contribution is 0.130. The molecule has 0 radical (unpaired) electrons. The molecule has 13 heavy (non-hydrogen) atoms. The molecule has 1 aromatic rings. The third-order valence-electron chi connectivity index (χ3n) is 1.90. The Bertz CT molecular complexity index is 226. The van der Waals surface area contributed by atoms with Crippen LogP contribution in [0.15, 0.2) is 24.5 Å². The van der Waals surface area contributed by atoms with Crippen molar-refractivity contribution in [3.8, 4) is 0 Å². The summed E-state index contributed by atoms with van der Waals surface area (Å²) in [4.78, 5) is 3.93. The van der Waals surface area contributed by atoms with Crippen molar-refractivity contribution in [3.63, 3.8) is 0 Å². The van der Waals surface area contributed by atoms with Crippen LogP contribution in [0.1, 0.15) is 18.9 Å². The summed E-state index contributed by atoms with van der Waals surface area (Å²) in [6.07, 6.45) is 4.79. The van der Waals surface area contributed by atoms with Crippen LogP contribution in [0.2, 0.25) is 0 Å². The Balaban J connectivity index is 2.27. The minimum Gasteiger partial charge on any atom is -0.379 e. The van der Waals surface area contributed by atoms with Crippen molar-refractivity contribution < 1.29 is 5.11 Å². The normalized spacial score (nSPS) is 12.8. The predicted octanol–water partition coefficient (Wildman–Crippen LogP) is 0.942. The smallest absolute Gasteiger partial charge is 0.105 e. The van der Waals surface area contributed by atoms with Crippen LogP contribution < -0.4 is 5.32 Å². The Morgan fingerprint density at radius 2 is 2.15 bits per heavy atom. The summed E-state index contributed by atoms with van der Waals surface area (Å²) in [5, 5.41) is 12.3. The summed E-state index contributed by atoms with van der Waals surface area (Å²) in [6, 6.07) is 3.94. The Kier molecular flexibility index (Phi) is 4.43. The lowest BCUT2D eigenvalue weighted by Gasteiger charge is -2.10. The molecule has 2 N–H and O–H groups in total. The van der Waals surface area contributed by atoms with E-state index in [4.69, 9.17) is 0 Å². The van der Waals surface area contributed by atoms with E-state index in [1.165, 1.54) is 5.56 Å². The average Bonchev–Trinajstić information content (AvgIpc) is 2.17. The van der Waals surface area contributed by atoms with E-state index in [2.05, 4.69) is 10.3 Å². The maximum absolute atomic E-state index is 9.38. The molecule has 1 heterocycles. The second-order valence-electron chi connectivity index (χ2n) is 2.97. The summed E-state index contributed by atoms with van der Waals surface area (Å²) in [7, 11) is 0. The number of nitrogens with zero attached hydrogens (tertiary/aromatic N) is 1. The average molecular weight is 180 g/mol. The SMILES string of the molecule is CCNC(O)CCc1ccncc1. The van der Waals surface area contributed by atoms with E-state index in [0.717, 1.165) is 19.4 Å². The van der Waals surface area contributed by atoms with Crippen LogP contribution in [-0.4, -0.2) is 22.9 Å². The molecule has 3 heteroatoms. The molecule has 3 nitrogen and oxygen atoms in total. The molecule has 0 amide bonds. The first kappa shape index (κ1) is 10.2. The molecule has 1 unspecified atom stereocenters. The van der Waals surface area contributed by atoms with Gasteiger partial charge in [-0.15, -0.1) is 0 Å². The Morgan fingerprint density at radius 3 is 2.77 bits per heavy atom. The van der Waals surface area contributed by atoms with E-state index in [-0.39, 0.29) is 0 Å². The Morgan fingerprint density at radius 1 is 1.46 bits per heavy atom. The van der Waals surface area contributed by atoms with E-state index in [1.807, 2.05) is 19.1 Å². The highest BCUT2D eigenvalue weighted by molar-refractivity contribution is 5.09. The van der Waals surface area contributed by atoms with Gasteiger partial charge < -0.3 is 5.11 Å². The number of rotatable bonds is 5. The second kappa shape index (κ2) is 5.67. The zero-order valence-corrected chi connectivity index (χ0v) is 7.90. The van der Waals surface area contributed by atoms with Crippen molar-refractivity contribution in [1.82, 2.24) is 10.3 Å². The van der Waals surface area contributed by atoms with Gasteiger partial charge in [0.05, 0.1) is 0 Å². The van der Waals surface area contributed by atoms with E-state index < -0.39 is 6.23 Å². The molecule has 0 fully saturated rings. The van der Waals surface area contributed by atoms with Crippen LogP contribution in [0.3, 0.4) is 0 Å². The highest BCUT2D eigenvalue weighted by Gasteiger charge is 2.01. The van der Waals surface area contributed by atoms with Gasteiger partial charge in [-0.25, -0.2) is 0 Å². The topological polar surface area (TPSA) is 45.1 Å². The van der Waals surface area contributed by atoms with Gasteiger partial charge in [0.2, 0.25) is 0 Å². The van der Waals surface area contributed by atoms with Crippen LogP contribution in [-0.2, 0) is 6.42 Å². The van der Waals surface area contributed by atoms with Gasteiger partial charge >= 0.3 is 0 Å². The van der Waals surface area contributed by atoms with E-state index >= 15 is 0 Å². The van der Waals surface area contributed by atoms with Crippen LogP contribution in [0.25, 0.3) is 0 Å². The third kappa shape index (κ3) is 4.01. The summed E-state index contributed by atoms with van der Waals surface area (Å²) in [5.74, 6) is 0. The van der Waals surface area contributed by atoms with E-state index in [1.54, 1.807) is 12.4 Å². The first-order valence-corrected chi connectivity index (χ1v) is 4.63. The molecule has 1 atom stereocenters. The lowest BCUT2D eigenvalue weighted by Crippen LogP contribution is -2.28. The van der Waals surface area contributed by atoms with Crippen molar-refractivity contribution in [1.29, 1.82) is 0 Å². The maximum Gasteiger partial charge on any atom is 0.105 e. The predicted molar refractivity (Wildman–Crippen MR) is 52.2 cm³/mol. The monoisotopic (exact) mass is 180 g/mol. The van der Waals surface area contributed by atoms with Gasteiger partial charge in [0.25, 0.3) is 0 Å². The van der Waals surface area contributed by atoms with E-state index in [0.29, 0.717) is 0 Å². The fraction of sp³-hybridized carbons (Fsp3) is 0.500. The summed E-state index contributed by atoms with van der Waals surface area (Å²) in [6.45, 7) is 2.78. The highest BCUT2D eigenvalue weighted by atomic mass is 16.3. The van der Waals surface area contributed by atoms with Gasteiger partial charge in [-0.1, -0.05) is 6.92 Å². The highest BCUT2D eigenvalue weighted by Crippen LogP contribution is 2.02. The molecule has 0 aliphatic carbocycles. The van der Waals surface area contributed by atoms with Gasteiger partial charge in [-0.2, -0.15) is 0 Å². The lowest BCUT2D eigenvalue weighted by atomic mass is 10.1. The molecular formula is C10H16N2O. The number of aliphatic hydroxyl groups is 1. The van der Waals surface area contributed by atoms with Crippen molar-refractivity contribution in [2.24, 2.45) is 0 Å². The van der Waals surface area contributed by atoms with Crippen molar-refractivity contribution in [2.75, 3.05) is 6.54 Å². The molecule has 0 aliphatic rings. The number of hydrogen-bond acceptors (Lipinski definition) is 3. The van der Waals surface area contributed by atoms with Crippen LogP contribution in [0.4, 0.5) is 0 Å². The maximum atomic E-state index is 9.38. The molecule has 0 aromatic carbocycles. The number of pyridine rings is 1. The number of aromatic nitrogens is 1. The molecule has 0 spiro atoms. The number of aliphatic hydroxyl groups excluding tert-OH is 1. The molecule has 1 aromatic heterocycles. The Hall–Kier alpha value is -0.930. The Labute approximate surface area is 78.8 Å². The van der Waals surface area contributed by atoms with Crippen LogP contribution >= 0.6 is 0 Å². The molecular weight excluding hydrogens is 164 g/mol. The van der Waals surface area contributed by atoms with Crippen molar-refractivity contribution in [3.05, 3.63) is 30.1 Å². The largest absolute Gasteiger partial charge is 0.379 e. The minimum absolute atomic E-state index is 0.391. The first-order chi connectivity index (χ1) is 6.33. The first-order valence-electron chi connectivity index (χ1n) is 4.63. The zero-order chi connectivity index (χ0) is 9.52. The molecule has 0 bridgehead atoms. The fourth-order valence-electron chi connectivity index (χ4n) is 1.19. The molecule has 1 rings (SSSR count). The van der Waals surface area contributed by atoms with Crippen molar-refractivity contribution >= 4 is 0 Å². The number of nitrogens with one attached hydrogen (secondary N) is 1. The second-order valence-corrected chi connectivity index (χ2v) is 2.97. The van der Waals surface area contributed by atoms with Gasteiger partial charge in [-0.3, -0.25) is 10.3 Å². The summed E-state index contributed by atoms with van der Waals surface area (Å²) in [5.41, 5.74) is 1.21.